The first kappa shape index (κ1) is 16.7. The molecule has 1 rings (SSSR count). The van der Waals surface area contributed by atoms with Gasteiger partial charge >= 0.3 is 0 Å². The third kappa shape index (κ3) is 6.57. The van der Waals surface area contributed by atoms with Gasteiger partial charge in [-0.15, -0.1) is 0 Å². The molecule has 19 heavy (non-hydrogen) atoms. The molecule has 1 aromatic rings. The zero-order valence-corrected chi connectivity index (χ0v) is 14.1. The fourth-order valence-corrected chi connectivity index (χ4v) is 3.48. The second kappa shape index (κ2) is 8.05. The molecule has 1 atom stereocenters. The van der Waals surface area contributed by atoms with E-state index in [0.717, 1.165) is 24.6 Å². The molecule has 1 aromatic carbocycles. The van der Waals surface area contributed by atoms with Crippen LogP contribution in [0.15, 0.2) is 24.3 Å². The van der Waals surface area contributed by atoms with Crippen molar-refractivity contribution in [3.8, 4) is 0 Å². The van der Waals surface area contributed by atoms with Crippen LogP contribution in [-0.4, -0.2) is 25.3 Å². The SMILES string of the molecule is CCS(=O)(=O)CCCC(CBr)Cc1ccc(C)cc1. The molecule has 108 valence electrons. The number of alkyl halides is 1. The van der Waals surface area contributed by atoms with E-state index in [1.54, 1.807) is 6.92 Å². The Kier molecular flexibility index (Phi) is 7.08. The molecule has 0 amide bonds. The molecule has 0 saturated heterocycles. The van der Waals surface area contributed by atoms with Gasteiger partial charge in [0.1, 0.15) is 9.84 Å². The lowest BCUT2D eigenvalue weighted by atomic mass is 9.96. The number of halogens is 1. The summed E-state index contributed by atoms with van der Waals surface area (Å²) in [5.74, 6) is 1.08. The third-order valence-corrected chi connectivity index (χ3v) is 6.08. The molecular weight excluding hydrogens is 324 g/mol. The second-order valence-electron chi connectivity index (χ2n) is 5.09. The minimum Gasteiger partial charge on any atom is -0.229 e. The number of hydrogen-bond donors (Lipinski definition) is 0. The molecule has 0 aliphatic rings. The Morgan fingerprint density at radius 2 is 1.84 bits per heavy atom. The first-order chi connectivity index (χ1) is 8.96. The number of aryl methyl sites for hydroxylation is 1. The molecule has 0 spiro atoms. The summed E-state index contributed by atoms with van der Waals surface area (Å²) < 4.78 is 22.9. The van der Waals surface area contributed by atoms with Crippen molar-refractivity contribution in [2.75, 3.05) is 16.8 Å². The number of rotatable bonds is 8. The Bertz CT molecular complexity index is 465. The summed E-state index contributed by atoms with van der Waals surface area (Å²) in [6.45, 7) is 3.80. The Hall–Kier alpha value is -0.350. The van der Waals surface area contributed by atoms with Crippen molar-refractivity contribution in [2.24, 2.45) is 5.92 Å². The van der Waals surface area contributed by atoms with Gasteiger partial charge in [0.25, 0.3) is 0 Å². The quantitative estimate of drug-likeness (QED) is 0.671. The van der Waals surface area contributed by atoms with Crippen LogP contribution in [0.4, 0.5) is 0 Å². The Morgan fingerprint density at radius 1 is 1.21 bits per heavy atom. The molecule has 0 fully saturated rings. The van der Waals surface area contributed by atoms with E-state index < -0.39 is 9.84 Å². The molecule has 0 aromatic heterocycles. The minimum absolute atomic E-state index is 0.254. The topological polar surface area (TPSA) is 34.1 Å². The molecule has 0 bridgehead atoms. The average molecular weight is 347 g/mol. The van der Waals surface area contributed by atoms with Crippen LogP contribution in [0, 0.1) is 12.8 Å². The van der Waals surface area contributed by atoms with E-state index >= 15 is 0 Å². The van der Waals surface area contributed by atoms with Gasteiger partial charge in [0, 0.05) is 11.1 Å². The van der Waals surface area contributed by atoms with Crippen LogP contribution < -0.4 is 0 Å². The summed E-state index contributed by atoms with van der Waals surface area (Å²) in [6.07, 6.45) is 2.73. The standard InChI is InChI=1S/C15H23BrO2S/c1-3-19(17,18)10-4-5-15(12-16)11-14-8-6-13(2)7-9-14/h6-9,15H,3-5,10-12H2,1-2H3. The van der Waals surface area contributed by atoms with Crippen molar-refractivity contribution >= 4 is 25.8 Å². The van der Waals surface area contributed by atoms with Crippen LogP contribution in [-0.2, 0) is 16.3 Å². The Morgan fingerprint density at radius 3 is 2.37 bits per heavy atom. The van der Waals surface area contributed by atoms with Crippen molar-refractivity contribution in [3.05, 3.63) is 35.4 Å². The van der Waals surface area contributed by atoms with E-state index in [1.165, 1.54) is 11.1 Å². The van der Waals surface area contributed by atoms with Gasteiger partial charge in [-0.05, 0) is 37.7 Å². The average Bonchev–Trinajstić information content (AvgIpc) is 2.40. The van der Waals surface area contributed by atoms with Gasteiger partial charge in [-0.2, -0.15) is 0 Å². The lowest BCUT2D eigenvalue weighted by Gasteiger charge is -2.14. The van der Waals surface area contributed by atoms with Gasteiger partial charge in [-0.1, -0.05) is 52.7 Å². The van der Waals surface area contributed by atoms with E-state index in [4.69, 9.17) is 0 Å². The largest absolute Gasteiger partial charge is 0.229 e. The predicted octanol–water partition coefficient (Wildman–Crippen LogP) is 3.76. The molecule has 0 radical (unpaired) electrons. The Balaban J connectivity index is 2.44. The first-order valence-electron chi connectivity index (χ1n) is 6.78. The third-order valence-electron chi connectivity index (χ3n) is 3.37. The molecule has 1 unspecified atom stereocenters. The maximum absolute atomic E-state index is 11.5. The minimum atomic E-state index is -2.82. The summed E-state index contributed by atoms with van der Waals surface area (Å²) in [6, 6.07) is 8.58. The van der Waals surface area contributed by atoms with Gasteiger partial charge in [0.15, 0.2) is 0 Å². The maximum Gasteiger partial charge on any atom is 0.150 e. The zero-order chi connectivity index (χ0) is 14.3. The van der Waals surface area contributed by atoms with Crippen LogP contribution in [0.1, 0.15) is 30.9 Å². The van der Waals surface area contributed by atoms with E-state index in [1.807, 2.05) is 0 Å². The van der Waals surface area contributed by atoms with Gasteiger partial charge in [-0.3, -0.25) is 0 Å². The molecule has 0 aliphatic carbocycles. The fraction of sp³-hybridized carbons (Fsp3) is 0.600. The highest BCUT2D eigenvalue weighted by molar-refractivity contribution is 9.09. The van der Waals surface area contributed by atoms with Gasteiger partial charge in [0.05, 0.1) is 5.75 Å². The van der Waals surface area contributed by atoms with Crippen LogP contribution in [0.25, 0.3) is 0 Å². The van der Waals surface area contributed by atoms with E-state index in [2.05, 4.69) is 47.1 Å². The fourth-order valence-electron chi connectivity index (χ4n) is 2.03. The van der Waals surface area contributed by atoms with Crippen LogP contribution in [0.2, 0.25) is 0 Å². The highest BCUT2D eigenvalue weighted by atomic mass is 79.9. The molecule has 0 N–H and O–H groups in total. The highest BCUT2D eigenvalue weighted by Gasteiger charge is 2.12. The van der Waals surface area contributed by atoms with Crippen molar-refractivity contribution in [1.29, 1.82) is 0 Å². The van der Waals surface area contributed by atoms with Crippen LogP contribution in [0.3, 0.4) is 0 Å². The second-order valence-corrected chi connectivity index (χ2v) is 8.21. The first-order valence-corrected chi connectivity index (χ1v) is 9.73. The summed E-state index contributed by atoms with van der Waals surface area (Å²) in [5, 5.41) is 0.924. The van der Waals surface area contributed by atoms with Crippen LogP contribution in [0.5, 0.6) is 0 Å². The summed E-state index contributed by atoms with van der Waals surface area (Å²) in [5.41, 5.74) is 2.60. The van der Waals surface area contributed by atoms with Crippen molar-refractivity contribution in [3.63, 3.8) is 0 Å². The molecule has 2 nitrogen and oxygen atoms in total. The summed E-state index contributed by atoms with van der Waals surface area (Å²) in [7, 11) is -2.82. The molecular formula is C15H23BrO2S. The van der Waals surface area contributed by atoms with Gasteiger partial charge in [-0.25, -0.2) is 8.42 Å². The van der Waals surface area contributed by atoms with E-state index in [9.17, 15) is 8.42 Å². The normalized spacial score (nSPS) is 13.4. The number of hydrogen-bond acceptors (Lipinski definition) is 2. The molecule has 4 heteroatoms. The maximum atomic E-state index is 11.5. The molecule has 0 aliphatic heterocycles. The van der Waals surface area contributed by atoms with E-state index in [-0.39, 0.29) is 5.75 Å². The van der Waals surface area contributed by atoms with Gasteiger partial charge in [0.2, 0.25) is 0 Å². The lowest BCUT2D eigenvalue weighted by molar-refractivity contribution is 0.528. The number of sulfone groups is 1. The monoisotopic (exact) mass is 346 g/mol. The van der Waals surface area contributed by atoms with Crippen molar-refractivity contribution in [2.45, 2.75) is 33.1 Å². The summed E-state index contributed by atoms with van der Waals surface area (Å²) >= 11 is 3.54. The lowest BCUT2D eigenvalue weighted by Crippen LogP contribution is -2.12. The zero-order valence-electron chi connectivity index (χ0n) is 11.7. The molecule has 0 saturated carbocycles. The predicted molar refractivity (Wildman–Crippen MR) is 85.7 cm³/mol. The van der Waals surface area contributed by atoms with Gasteiger partial charge < -0.3 is 0 Å². The smallest absolute Gasteiger partial charge is 0.150 e. The van der Waals surface area contributed by atoms with Crippen molar-refractivity contribution < 1.29 is 8.42 Å². The van der Waals surface area contributed by atoms with Crippen molar-refractivity contribution in [1.82, 2.24) is 0 Å². The number of benzene rings is 1. The summed E-state index contributed by atoms with van der Waals surface area (Å²) in [4.78, 5) is 0. The highest BCUT2D eigenvalue weighted by Crippen LogP contribution is 2.17. The Labute approximate surface area is 125 Å². The van der Waals surface area contributed by atoms with Crippen LogP contribution >= 0.6 is 15.9 Å². The van der Waals surface area contributed by atoms with E-state index in [0.29, 0.717) is 11.7 Å². The molecule has 0 heterocycles.